The minimum Gasteiger partial charge on any atom is -0.454 e. The molecule has 3 aliphatic heterocycles. The number of carbonyl (C=O) groups excluding carboxylic acids is 1. The first-order valence-electron chi connectivity index (χ1n) is 20.2. The highest BCUT2D eigenvalue weighted by molar-refractivity contribution is 8.01. The summed E-state index contributed by atoms with van der Waals surface area (Å²) in [5, 5.41) is 11.5. The van der Waals surface area contributed by atoms with E-state index in [1.807, 2.05) is 121 Å². The molecule has 0 bridgehead atoms. The van der Waals surface area contributed by atoms with E-state index in [4.69, 9.17) is 47.4 Å². The summed E-state index contributed by atoms with van der Waals surface area (Å²) in [4.78, 5) is 13.8. The number of carbonyl (C=O) groups is 1. The van der Waals surface area contributed by atoms with Gasteiger partial charge in [0.1, 0.15) is 43.4 Å². The van der Waals surface area contributed by atoms with Crippen LogP contribution < -0.4 is 0 Å². The van der Waals surface area contributed by atoms with Crippen molar-refractivity contribution in [3.05, 3.63) is 150 Å². The van der Waals surface area contributed by atoms with Gasteiger partial charge in [-0.25, -0.2) is 4.79 Å². The standard InChI is InChI=1S/C47H54O12S/c1-46(2)55-31-39(58-46)40(54-32-50-3)37(48)25-16-26-47(60-36-23-14-7-15-24-36)45(49)57-41-38(30-51-27-33-17-8-4-9-18-33)56-44(53-29-35-21-12-6-13-22-35)43(42(41)59-47)52-28-34-19-10-5-11-20-34/h4-25,37-44,48H,26-32H2,1-3H3/b25-16+/t37-,38-,39-,40-,41+,42+,43-,44-,47+/m1/s1. The van der Waals surface area contributed by atoms with Crippen molar-refractivity contribution < 1.29 is 57.3 Å². The molecule has 3 heterocycles. The summed E-state index contributed by atoms with van der Waals surface area (Å²) in [6.07, 6.45) is -3.61. The van der Waals surface area contributed by atoms with Gasteiger partial charge in [-0.15, -0.1) is 0 Å². The van der Waals surface area contributed by atoms with Crippen LogP contribution >= 0.6 is 11.8 Å². The molecule has 0 radical (unpaired) electrons. The molecule has 13 heteroatoms. The van der Waals surface area contributed by atoms with E-state index in [-0.39, 0.29) is 39.6 Å². The van der Waals surface area contributed by atoms with Crippen molar-refractivity contribution in [3.63, 3.8) is 0 Å². The third-order valence-corrected chi connectivity index (χ3v) is 11.5. The van der Waals surface area contributed by atoms with Crippen LogP contribution in [-0.4, -0.2) is 97.9 Å². The van der Waals surface area contributed by atoms with Gasteiger partial charge in [0, 0.05) is 18.4 Å². The summed E-state index contributed by atoms with van der Waals surface area (Å²) in [6, 6.07) is 38.9. The molecule has 60 heavy (non-hydrogen) atoms. The van der Waals surface area contributed by atoms with Crippen molar-refractivity contribution in [1.82, 2.24) is 0 Å². The Morgan fingerprint density at radius 2 is 1.40 bits per heavy atom. The summed E-state index contributed by atoms with van der Waals surface area (Å²) in [7, 11) is 1.50. The average Bonchev–Trinajstić information content (AvgIpc) is 3.63. The monoisotopic (exact) mass is 842 g/mol. The number of rotatable bonds is 20. The Kier molecular flexibility index (Phi) is 15.6. The Morgan fingerprint density at radius 3 is 2.00 bits per heavy atom. The Morgan fingerprint density at radius 1 is 0.800 bits per heavy atom. The van der Waals surface area contributed by atoms with E-state index in [0.29, 0.717) is 6.61 Å². The number of hydrogen-bond acceptors (Lipinski definition) is 13. The molecule has 0 spiro atoms. The number of methoxy groups -OCH3 is 1. The highest BCUT2D eigenvalue weighted by Gasteiger charge is 2.60. The molecule has 0 amide bonds. The third-order valence-electron chi connectivity index (χ3n) is 10.3. The van der Waals surface area contributed by atoms with E-state index in [1.165, 1.54) is 18.9 Å². The quantitative estimate of drug-likeness (QED) is 0.0559. The highest BCUT2D eigenvalue weighted by Crippen LogP contribution is 2.46. The van der Waals surface area contributed by atoms with Gasteiger partial charge < -0.3 is 52.5 Å². The van der Waals surface area contributed by atoms with E-state index in [2.05, 4.69) is 0 Å². The molecule has 1 N–H and O–H groups in total. The number of aliphatic hydroxyl groups is 1. The predicted octanol–water partition coefficient (Wildman–Crippen LogP) is 6.98. The molecular weight excluding hydrogens is 789 g/mol. The second kappa shape index (κ2) is 21.2. The van der Waals surface area contributed by atoms with Crippen molar-refractivity contribution >= 4 is 17.7 Å². The van der Waals surface area contributed by atoms with Gasteiger partial charge in [0.05, 0.1) is 33.0 Å². The van der Waals surface area contributed by atoms with Crippen molar-refractivity contribution in [2.45, 2.75) is 105 Å². The van der Waals surface area contributed by atoms with Crippen LogP contribution in [0, 0.1) is 0 Å². The first-order chi connectivity index (χ1) is 29.2. The van der Waals surface area contributed by atoms with Crippen LogP contribution in [0.1, 0.15) is 37.0 Å². The zero-order valence-corrected chi connectivity index (χ0v) is 34.9. The number of esters is 1. The molecule has 0 unspecified atom stereocenters. The molecule has 0 aliphatic carbocycles. The van der Waals surface area contributed by atoms with Gasteiger partial charge in [0.25, 0.3) is 0 Å². The largest absolute Gasteiger partial charge is 0.454 e. The van der Waals surface area contributed by atoms with Crippen molar-refractivity contribution in [3.8, 4) is 0 Å². The fourth-order valence-corrected chi connectivity index (χ4v) is 8.45. The SMILES string of the molecule is COCO[C@H]([C@H](O)/C=C/C[C@@]1(Sc2ccccc2)O[C@H]2[C@@H](OC1=O)[C@@H](COCc1ccccc1)O[C@@H](OCc1ccccc1)[C@@H]2OCc1ccccc1)[C@H]1COC(C)(C)O1. The molecular formula is C47H54O12S. The Labute approximate surface area is 356 Å². The number of thioether (sulfide) groups is 1. The van der Waals surface area contributed by atoms with Crippen LogP contribution in [0.25, 0.3) is 0 Å². The van der Waals surface area contributed by atoms with E-state index >= 15 is 0 Å². The number of ether oxygens (including phenoxy) is 10. The molecule has 0 aromatic heterocycles. The lowest BCUT2D eigenvalue weighted by molar-refractivity contribution is -0.343. The zero-order chi connectivity index (χ0) is 41.8. The number of fused-ring (bicyclic) bond motifs is 1. The van der Waals surface area contributed by atoms with Gasteiger partial charge in [-0.2, -0.15) is 0 Å². The van der Waals surface area contributed by atoms with Crippen LogP contribution in [0.2, 0.25) is 0 Å². The van der Waals surface area contributed by atoms with E-state index < -0.39 is 65.7 Å². The molecule has 3 aliphatic rings. The van der Waals surface area contributed by atoms with Gasteiger partial charge in [-0.05, 0) is 42.7 Å². The van der Waals surface area contributed by atoms with Gasteiger partial charge >= 0.3 is 5.97 Å². The summed E-state index contributed by atoms with van der Waals surface area (Å²) in [5.41, 5.74) is 2.87. The maximum Gasteiger partial charge on any atom is 0.350 e. The molecule has 7 rings (SSSR count). The molecule has 3 saturated heterocycles. The minimum atomic E-state index is -1.62. The van der Waals surface area contributed by atoms with Crippen LogP contribution in [0.5, 0.6) is 0 Å². The number of hydrogen-bond donors (Lipinski definition) is 1. The van der Waals surface area contributed by atoms with Crippen LogP contribution in [0.15, 0.2) is 138 Å². The minimum absolute atomic E-state index is 0.00711. The molecule has 4 aromatic rings. The summed E-state index contributed by atoms with van der Waals surface area (Å²) in [6.45, 7) is 4.60. The summed E-state index contributed by atoms with van der Waals surface area (Å²) >= 11 is 1.23. The number of benzene rings is 4. The zero-order valence-electron chi connectivity index (χ0n) is 34.1. The van der Waals surface area contributed by atoms with Gasteiger partial charge in [0.15, 0.2) is 18.2 Å². The maximum absolute atomic E-state index is 14.6. The first-order valence-corrected chi connectivity index (χ1v) is 21.0. The normalized spacial score (nSPS) is 27.3. The summed E-state index contributed by atoms with van der Waals surface area (Å²) in [5.74, 6) is -1.45. The van der Waals surface area contributed by atoms with Crippen LogP contribution in [-0.2, 0) is 72.0 Å². The van der Waals surface area contributed by atoms with E-state index in [9.17, 15) is 9.90 Å². The van der Waals surface area contributed by atoms with Crippen LogP contribution in [0.3, 0.4) is 0 Å². The van der Waals surface area contributed by atoms with Crippen molar-refractivity contribution in [2.24, 2.45) is 0 Å². The van der Waals surface area contributed by atoms with Gasteiger partial charge in [-0.3, -0.25) is 0 Å². The van der Waals surface area contributed by atoms with Gasteiger partial charge in [0.2, 0.25) is 4.93 Å². The fourth-order valence-electron chi connectivity index (χ4n) is 7.31. The summed E-state index contributed by atoms with van der Waals surface area (Å²) < 4.78 is 62.5. The molecule has 4 aromatic carbocycles. The number of aliphatic hydroxyl groups excluding tert-OH is 1. The predicted molar refractivity (Wildman–Crippen MR) is 222 cm³/mol. The van der Waals surface area contributed by atoms with Crippen molar-refractivity contribution in [1.29, 1.82) is 0 Å². The van der Waals surface area contributed by atoms with Gasteiger partial charge in [-0.1, -0.05) is 133 Å². The molecule has 9 atom stereocenters. The Balaban J connectivity index is 1.20. The van der Waals surface area contributed by atoms with E-state index in [0.717, 1.165) is 21.6 Å². The lowest BCUT2D eigenvalue weighted by Crippen LogP contribution is -2.68. The second-order valence-corrected chi connectivity index (χ2v) is 16.6. The van der Waals surface area contributed by atoms with Crippen molar-refractivity contribution in [2.75, 3.05) is 27.1 Å². The Bertz CT molecular complexity index is 1920. The lowest BCUT2D eigenvalue weighted by atomic mass is 9.96. The second-order valence-electron chi connectivity index (χ2n) is 15.2. The molecule has 12 nitrogen and oxygen atoms in total. The lowest BCUT2D eigenvalue weighted by Gasteiger charge is -2.51. The molecule has 3 fully saturated rings. The van der Waals surface area contributed by atoms with Crippen LogP contribution in [0.4, 0.5) is 0 Å². The smallest absolute Gasteiger partial charge is 0.350 e. The molecule has 320 valence electrons. The third kappa shape index (κ3) is 11.7. The Hall–Kier alpha value is -3.96. The van der Waals surface area contributed by atoms with E-state index in [1.54, 1.807) is 26.0 Å². The first kappa shape index (κ1) is 44.1. The maximum atomic E-state index is 14.6. The average molecular weight is 843 g/mol. The molecule has 0 saturated carbocycles. The fraction of sp³-hybridized carbons (Fsp3) is 0.426. The highest BCUT2D eigenvalue weighted by atomic mass is 32.2. The topological polar surface area (TPSA) is 130 Å².